The van der Waals surface area contributed by atoms with E-state index in [4.69, 9.17) is 16.3 Å². The van der Waals surface area contributed by atoms with Gasteiger partial charge in [0.1, 0.15) is 5.60 Å². The van der Waals surface area contributed by atoms with Crippen molar-refractivity contribution in [3.05, 3.63) is 65.7 Å². The third-order valence-electron chi connectivity index (χ3n) is 5.12. The number of hydrogen-bond acceptors (Lipinski definition) is 4. The molecule has 5 heteroatoms. The van der Waals surface area contributed by atoms with Crippen LogP contribution in [-0.2, 0) is 9.53 Å². The number of ether oxygens (including phenoxy) is 1. The summed E-state index contributed by atoms with van der Waals surface area (Å²) in [4.78, 5) is 17.2. The zero-order valence-electron chi connectivity index (χ0n) is 20.5. The van der Waals surface area contributed by atoms with Gasteiger partial charge in [-0.3, -0.25) is 4.79 Å². The number of anilines is 2. The van der Waals surface area contributed by atoms with Gasteiger partial charge in [0.15, 0.2) is 0 Å². The van der Waals surface area contributed by atoms with Crippen molar-refractivity contribution in [3.63, 3.8) is 0 Å². The summed E-state index contributed by atoms with van der Waals surface area (Å²) in [6.07, 6.45) is 3.44. The Bertz CT molecular complexity index is 841. The van der Waals surface area contributed by atoms with Crippen LogP contribution in [0.4, 0.5) is 11.4 Å². The van der Waals surface area contributed by atoms with Crippen LogP contribution in [0.15, 0.2) is 54.6 Å². The van der Waals surface area contributed by atoms with Crippen molar-refractivity contribution < 1.29 is 9.53 Å². The topological polar surface area (TPSA) is 32.8 Å². The number of benzene rings is 2. The Morgan fingerprint density at radius 2 is 1.34 bits per heavy atom. The molecule has 0 fully saturated rings. The SMILES string of the molecule is CN(C)c1ccc(C(=C[C@@H](CCCCl)C(=O)OC(C)(C)C)c2ccc(N(C)C)cc2)cc1. The minimum atomic E-state index is -0.537. The second-order valence-electron chi connectivity index (χ2n) is 9.43. The highest BCUT2D eigenvalue weighted by Gasteiger charge is 2.24. The lowest BCUT2D eigenvalue weighted by atomic mass is 9.91. The maximum absolute atomic E-state index is 13.0. The first-order valence-corrected chi connectivity index (χ1v) is 11.6. The molecule has 0 heterocycles. The zero-order chi connectivity index (χ0) is 23.9. The molecule has 0 aliphatic rings. The fraction of sp³-hybridized carbons (Fsp3) is 0.444. The van der Waals surface area contributed by atoms with E-state index < -0.39 is 5.60 Å². The van der Waals surface area contributed by atoms with Crippen LogP contribution in [0, 0.1) is 5.92 Å². The van der Waals surface area contributed by atoms with Crippen molar-refractivity contribution in [2.24, 2.45) is 5.92 Å². The maximum atomic E-state index is 13.0. The first kappa shape index (κ1) is 25.8. The molecule has 0 radical (unpaired) electrons. The molecule has 0 bridgehead atoms. The zero-order valence-corrected chi connectivity index (χ0v) is 21.2. The Labute approximate surface area is 198 Å². The van der Waals surface area contributed by atoms with Gasteiger partial charge in [0, 0.05) is 45.4 Å². The third-order valence-corrected chi connectivity index (χ3v) is 5.38. The maximum Gasteiger partial charge on any atom is 0.313 e. The quantitative estimate of drug-likeness (QED) is 0.331. The van der Waals surface area contributed by atoms with Crippen molar-refractivity contribution >= 4 is 34.5 Å². The minimum absolute atomic E-state index is 0.213. The Hall–Kier alpha value is -2.46. The van der Waals surface area contributed by atoms with Gasteiger partial charge in [0.05, 0.1) is 5.92 Å². The van der Waals surface area contributed by atoms with Crippen molar-refractivity contribution in [3.8, 4) is 0 Å². The van der Waals surface area contributed by atoms with Gasteiger partial charge in [-0.2, -0.15) is 0 Å². The molecule has 174 valence electrons. The molecule has 0 unspecified atom stereocenters. The second kappa shape index (κ2) is 11.4. The first-order chi connectivity index (χ1) is 15.0. The highest BCUT2D eigenvalue weighted by atomic mass is 35.5. The van der Waals surface area contributed by atoms with Crippen LogP contribution < -0.4 is 9.80 Å². The molecule has 4 nitrogen and oxygen atoms in total. The van der Waals surface area contributed by atoms with E-state index in [1.807, 2.05) is 49.0 Å². The van der Waals surface area contributed by atoms with E-state index in [0.717, 1.165) is 34.5 Å². The van der Waals surface area contributed by atoms with Gasteiger partial charge >= 0.3 is 5.97 Å². The van der Waals surface area contributed by atoms with Crippen LogP contribution in [-0.4, -0.2) is 45.6 Å². The molecule has 32 heavy (non-hydrogen) atoms. The summed E-state index contributed by atoms with van der Waals surface area (Å²) >= 11 is 5.97. The average Bonchev–Trinajstić information content (AvgIpc) is 2.73. The highest BCUT2D eigenvalue weighted by Crippen LogP contribution is 2.30. The molecule has 0 spiro atoms. The molecule has 0 aliphatic heterocycles. The molecule has 0 aliphatic carbocycles. The standard InChI is InChI=1S/C27H37ClN2O2/c1-27(2,3)32-26(31)22(9-8-18-28)19-25(20-10-14-23(15-11-20)29(4)5)21-12-16-24(17-13-21)30(6)7/h10-17,19,22H,8-9,18H2,1-7H3/t22-/m1/s1. The van der Waals surface area contributed by atoms with Gasteiger partial charge in [-0.05, 0) is 74.6 Å². The largest absolute Gasteiger partial charge is 0.460 e. The smallest absolute Gasteiger partial charge is 0.313 e. The van der Waals surface area contributed by atoms with Gasteiger partial charge in [-0.15, -0.1) is 11.6 Å². The summed E-state index contributed by atoms with van der Waals surface area (Å²) in [5, 5.41) is 0. The second-order valence-corrected chi connectivity index (χ2v) is 9.81. The van der Waals surface area contributed by atoms with E-state index in [1.165, 1.54) is 0 Å². The summed E-state index contributed by atoms with van der Waals surface area (Å²) in [6, 6.07) is 16.8. The van der Waals surface area contributed by atoms with Gasteiger partial charge in [0.2, 0.25) is 0 Å². The lowest BCUT2D eigenvalue weighted by Crippen LogP contribution is -2.28. The van der Waals surface area contributed by atoms with Crippen LogP contribution >= 0.6 is 11.6 Å². The molecule has 1 atom stereocenters. The molecule has 2 rings (SSSR count). The van der Waals surface area contributed by atoms with Crippen LogP contribution in [0.2, 0.25) is 0 Å². The number of halogens is 1. The minimum Gasteiger partial charge on any atom is -0.460 e. The van der Waals surface area contributed by atoms with Gasteiger partial charge < -0.3 is 14.5 Å². The first-order valence-electron chi connectivity index (χ1n) is 11.1. The summed E-state index contributed by atoms with van der Waals surface area (Å²) in [6.45, 7) is 5.69. The molecular formula is C27H37ClN2O2. The molecule has 0 N–H and O–H groups in total. The lowest BCUT2D eigenvalue weighted by molar-refractivity contribution is -0.158. The Kier molecular flexibility index (Phi) is 9.21. The molecule has 0 saturated heterocycles. The van der Waals surface area contributed by atoms with Crippen molar-refractivity contribution in [1.82, 2.24) is 0 Å². The number of esters is 1. The van der Waals surface area contributed by atoms with Gasteiger partial charge in [-0.25, -0.2) is 0 Å². The number of carbonyl (C=O) groups is 1. The fourth-order valence-corrected chi connectivity index (χ4v) is 3.54. The summed E-state index contributed by atoms with van der Waals surface area (Å²) in [5.74, 6) is -0.0719. The number of rotatable bonds is 9. The van der Waals surface area contributed by atoms with Crippen LogP contribution in [0.25, 0.3) is 5.57 Å². The lowest BCUT2D eigenvalue weighted by Gasteiger charge is -2.23. The number of hydrogen-bond donors (Lipinski definition) is 0. The van der Waals surface area contributed by atoms with E-state index in [0.29, 0.717) is 12.3 Å². The predicted molar refractivity (Wildman–Crippen MR) is 138 cm³/mol. The van der Waals surface area contributed by atoms with Crippen molar-refractivity contribution in [2.75, 3.05) is 43.9 Å². The molecule has 2 aromatic carbocycles. The molecule has 2 aromatic rings. The van der Waals surface area contributed by atoms with Crippen molar-refractivity contribution in [1.29, 1.82) is 0 Å². The van der Waals surface area contributed by atoms with Gasteiger partial charge in [-0.1, -0.05) is 30.3 Å². The molecule has 0 saturated carbocycles. The summed E-state index contributed by atoms with van der Waals surface area (Å²) in [7, 11) is 8.10. The summed E-state index contributed by atoms with van der Waals surface area (Å²) < 4.78 is 5.73. The summed E-state index contributed by atoms with van der Waals surface area (Å²) in [5.41, 5.74) is 4.86. The molecule has 0 amide bonds. The monoisotopic (exact) mass is 456 g/mol. The van der Waals surface area contributed by atoms with Crippen LogP contribution in [0.5, 0.6) is 0 Å². The fourth-order valence-electron chi connectivity index (χ4n) is 3.38. The van der Waals surface area contributed by atoms with Crippen LogP contribution in [0.1, 0.15) is 44.7 Å². The van der Waals surface area contributed by atoms with E-state index in [9.17, 15) is 4.79 Å². The number of nitrogens with zero attached hydrogens (tertiary/aromatic N) is 2. The number of carbonyl (C=O) groups excluding carboxylic acids is 1. The van der Waals surface area contributed by atoms with Crippen molar-refractivity contribution in [2.45, 2.75) is 39.2 Å². The molecular weight excluding hydrogens is 420 g/mol. The normalized spacial score (nSPS) is 12.1. The van der Waals surface area contributed by atoms with E-state index >= 15 is 0 Å². The average molecular weight is 457 g/mol. The highest BCUT2D eigenvalue weighted by molar-refractivity contribution is 6.17. The third kappa shape index (κ3) is 7.59. The van der Waals surface area contributed by atoms with Gasteiger partial charge in [0.25, 0.3) is 0 Å². The Morgan fingerprint density at radius 3 is 1.69 bits per heavy atom. The Balaban J connectivity index is 2.54. The Morgan fingerprint density at radius 1 is 0.906 bits per heavy atom. The van der Waals surface area contributed by atoms with E-state index in [2.05, 4.69) is 64.4 Å². The number of alkyl halides is 1. The molecule has 0 aromatic heterocycles. The van der Waals surface area contributed by atoms with E-state index in [-0.39, 0.29) is 11.9 Å². The van der Waals surface area contributed by atoms with E-state index in [1.54, 1.807) is 0 Å². The van der Waals surface area contributed by atoms with Crippen LogP contribution in [0.3, 0.4) is 0 Å². The predicted octanol–water partition coefficient (Wildman–Crippen LogP) is 6.23.